The van der Waals surface area contributed by atoms with Crippen molar-refractivity contribution in [2.24, 2.45) is 16.2 Å². The summed E-state index contributed by atoms with van der Waals surface area (Å²) >= 11 is 0. The highest BCUT2D eigenvalue weighted by Gasteiger charge is 2.70. The van der Waals surface area contributed by atoms with Gasteiger partial charge in [0.25, 0.3) is 0 Å². The minimum absolute atomic E-state index is 0.0718. The lowest BCUT2D eigenvalue weighted by Gasteiger charge is -2.67. The smallest absolute Gasteiger partial charge is 0.312 e. The number of hydrogen-bond donors (Lipinski definition) is 9. The maximum atomic E-state index is 14.7. The second kappa shape index (κ2) is 26.0. The molecule has 0 spiro atoms. The molecule has 276 valence electrons. The number of carbonyl (C=O) groups is 1. The predicted octanol–water partition coefficient (Wildman–Crippen LogP) is 1.83. The highest BCUT2D eigenvalue weighted by Crippen LogP contribution is 2.70. The lowest BCUT2D eigenvalue weighted by molar-refractivity contribution is -0.256. The first-order valence-electron chi connectivity index (χ1n) is 17.6. The fourth-order valence-corrected chi connectivity index (χ4v) is 8.54. The van der Waals surface area contributed by atoms with Gasteiger partial charge in [0.15, 0.2) is 0 Å². The van der Waals surface area contributed by atoms with Crippen molar-refractivity contribution in [2.45, 2.75) is 122 Å². The van der Waals surface area contributed by atoms with E-state index in [4.69, 9.17) is 9.47 Å². The van der Waals surface area contributed by atoms with E-state index in [1.54, 1.807) is 6.92 Å². The number of aliphatic hydroxyl groups excluding tert-OH is 9. The first-order chi connectivity index (χ1) is 22.3. The van der Waals surface area contributed by atoms with E-state index in [9.17, 15) is 50.8 Å². The van der Waals surface area contributed by atoms with E-state index in [0.29, 0.717) is 44.9 Å². The number of aliphatic hydroxyl groups is 9. The molecular formula is C34H68O12. The van der Waals surface area contributed by atoms with Crippen molar-refractivity contribution >= 4 is 5.97 Å². The molecule has 12 nitrogen and oxygen atoms in total. The maximum absolute atomic E-state index is 14.7. The molecule has 12 heteroatoms. The van der Waals surface area contributed by atoms with Gasteiger partial charge in [-0.05, 0) is 121 Å². The van der Waals surface area contributed by atoms with Crippen LogP contribution in [-0.2, 0) is 14.3 Å². The SMILES string of the molecule is CCOC(=O)C(CCCO)(CCCO)C(CCCO)(CCCO)C(CCCO)(CCCO)C(CCCO)(CCCO)OCCCO. The van der Waals surface area contributed by atoms with Gasteiger partial charge in [0.05, 0.1) is 17.6 Å². The van der Waals surface area contributed by atoms with Crippen LogP contribution in [0.5, 0.6) is 0 Å². The highest BCUT2D eigenvalue weighted by atomic mass is 16.5. The van der Waals surface area contributed by atoms with Gasteiger partial charge in [0.2, 0.25) is 0 Å². The van der Waals surface area contributed by atoms with Gasteiger partial charge >= 0.3 is 5.97 Å². The van der Waals surface area contributed by atoms with Crippen molar-refractivity contribution < 1.29 is 60.2 Å². The minimum Gasteiger partial charge on any atom is -0.466 e. The standard InChI is InChI=1S/C34H68O12/c1-2-45-30(44)31(12-3-20-35,13-4-21-36)32(14-5-22-37,15-6-23-38)33(16-7-24-39,17-8-25-40)34(18-9-26-41,19-10-27-42)46-29-11-28-43/h35-43H,2-29H2,1H3. The van der Waals surface area contributed by atoms with E-state index < -0.39 is 27.8 Å². The first kappa shape index (κ1) is 45.1. The van der Waals surface area contributed by atoms with Crippen molar-refractivity contribution in [2.75, 3.05) is 72.7 Å². The second-order valence-corrected chi connectivity index (χ2v) is 12.5. The Morgan fingerprint density at radius 3 is 1.13 bits per heavy atom. The molecule has 0 aliphatic rings. The zero-order valence-electron chi connectivity index (χ0n) is 28.5. The van der Waals surface area contributed by atoms with Gasteiger partial charge in [-0.2, -0.15) is 0 Å². The van der Waals surface area contributed by atoms with Crippen molar-refractivity contribution in [3.05, 3.63) is 0 Å². The zero-order valence-corrected chi connectivity index (χ0v) is 28.5. The van der Waals surface area contributed by atoms with Crippen LogP contribution in [0.1, 0.15) is 116 Å². The van der Waals surface area contributed by atoms with Crippen LogP contribution in [0.3, 0.4) is 0 Å². The number of esters is 1. The molecule has 9 N–H and O–H groups in total. The van der Waals surface area contributed by atoms with E-state index >= 15 is 0 Å². The van der Waals surface area contributed by atoms with Gasteiger partial charge in [0.1, 0.15) is 0 Å². The van der Waals surface area contributed by atoms with Crippen molar-refractivity contribution in [1.29, 1.82) is 0 Å². The van der Waals surface area contributed by atoms with Gasteiger partial charge < -0.3 is 55.4 Å². The predicted molar refractivity (Wildman–Crippen MR) is 175 cm³/mol. The Balaban J connectivity index is 8.74. The lowest BCUT2D eigenvalue weighted by Crippen LogP contribution is -2.67. The summed E-state index contributed by atoms with van der Waals surface area (Å²) in [6.07, 6.45) is 4.53. The fourth-order valence-electron chi connectivity index (χ4n) is 8.54. The number of carbonyl (C=O) groups excluding carboxylic acids is 1. The van der Waals surface area contributed by atoms with Gasteiger partial charge in [-0.25, -0.2) is 0 Å². The molecule has 0 aromatic carbocycles. The number of hydrogen-bond acceptors (Lipinski definition) is 12. The normalized spacial score (nSPS) is 13.0. The Kier molecular flexibility index (Phi) is 25.5. The molecule has 0 rings (SSSR count). The van der Waals surface area contributed by atoms with Crippen molar-refractivity contribution in [3.63, 3.8) is 0 Å². The molecule has 0 bridgehead atoms. The fraction of sp³-hybridized carbons (Fsp3) is 0.971. The van der Waals surface area contributed by atoms with E-state index in [2.05, 4.69) is 0 Å². The topological polar surface area (TPSA) is 218 Å². The highest BCUT2D eigenvalue weighted by molar-refractivity contribution is 5.78. The monoisotopic (exact) mass is 668 g/mol. The van der Waals surface area contributed by atoms with Crippen LogP contribution < -0.4 is 0 Å². The Bertz CT molecular complexity index is 703. The van der Waals surface area contributed by atoms with Gasteiger partial charge in [0, 0.05) is 71.5 Å². The largest absolute Gasteiger partial charge is 0.466 e. The van der Waals surface area contributed by atoms with Crippen LogP contribution in [0.4, 0.5) is 0 Å². The van der Waals surface area contributed by atoms with Gasteiger partial charge in [-0.3, -0.25) is 4.79 Å². The molecule has 0 saturated heterocycles. The number of ether oxygens (including phenoxy) is 2. The molecule has 0 atom stereocenters. The third-order valence-electron chi connectivity index (χ3n) is 10.1. The number of rotatable bonds is 33. The molecule has 46 heavy (non-hydrogen) atoms. The molecule has 0 aliphatic heterocycles. The molecule has 0 aromatic heterocycles. The summed E-state index contributed by atoms with van der Waals surface area (Å²) in [4.78, 5) is 14.7. The Morgan fingerprint density at radius 1 is 0.457 bits per heavy atom. The molecule has 0 fully saturated rings. The van der Waals surface area contributed by atoms with Gasteiger partial charge in [-0.1, -0.05) is 0 Å². The van der Waals surface area contributed by atoms with E-state index in [1.807, 2.05) is 0 Å². The lowest BCUT2D eigenvalue weighted by atomic mass is 9.38. The summed E-state index contributed by atoms with van der Waals surface area (Å²) in [5.74, 6) is -0.515. The summed E-state index contributed by atoms with van der Waals surface area (Å²) in [6, 6.07) is 0. The quantitative estimate of drug-likeness (QED) is 0.0362. The Hall–Kier alpha value is -0.930. The first-order valence-corrected chi connectivity index (χ1v) is 17.6. The molecule has 0 unspecified atom stereocenters. The van der Waals surface area contributed by atoms with Crippen LogP contribution in [0, 0.1) is 16.2 Å². The van der Waals surface area contributed by atoms with E-state index in [1.165, 1.54) is 0 Å². The second-order valence-electron chi connectivity index (χ2n) is 12.5. The summed E-state index contributed by atoms with van der Waals surface area (Å²) in [6.45, 7) is 0.196. The molecule has 0 aliphatic carbocycles. The molecule has 0 amide bonds. The summed E-state index contributed by atoms with van der Waals surface area (Å²) < 4.78 is 12.8. The van der Waals surface area contributed by atoms with Crippen LogP contribution >= 0.6 is 0 Å². The third kappa shape index (κ3) is 11.6. The van der Waals surface area contributed by atoms with E-state index in [-0.39, 0.29) is 137 Å². The van der Waals surface area contributed by atoms with Gasteiger partial charge in [-0.15, -0.1) is 0 Å². The third-order valence-corrected chi connectivity index (χ3v) is 10.1. The van der Waals surface area contributed by atoms with Crippen molar-refractivity contribution in [3.8, 4) is 0 Å². The maximum Gasteiger partial charge on any atom is 0.312 e. The Labute approximate surface area is 276 Å². The zero-order chi connectivity index (χ0) is 34.8. The van der Waals surface area contributed by atoms with Crippen LogP contribution in [0.15, 0.2) is 0 Å². The summed E-state index contributed by atoms with van der Waals surface area (Å²) in [5.41, 5.74) is -4.78. The van der Waals surface area contributed by atoms with Crippen LogP contribution in [-0.4, -0.2) is 130 Å². The van der Waals surface area contributed by atoms with Crippen LogP contribution in [0.25, 0.3) is 0 Å². The Morgan fingerprint density at radius 2 is 0.783 bits per heavy atom. The molecule has 0 radical (unpaired) electrons. The molecule has 0 saturated carbocycles. The molecule has 0 heterocycles. The minimum atomic E-state index is -1.37. The van der Waals surface area contributed by atoms with E-state index in [0.717, 1.165) is 0 Å². The van der Waals surface area contributed by atoms with Crippen molar-refractivity contribution in [1.82, 2.24) is 0 Å². The summed E-state index contributed by atoms with van der Waals surface area (Å²) in [5, 5.41) is 91.8. The average molecular weight is 669 g/mol. The van der Waals surface area contributed by atoms with Crippen LogP contribution in [0.2, 0.25) is 0 Å². The molecular weight excluding hydrogens is 600 g/mol. The average Bonchev–Trinajstić information content (AvgIpc) is 3.07. The molecule has 0 aromatic rings. The summed E-state index contributed by atoms with van der Waals surface area (Å²) in [7, 11) is 0.